The monoisotopic (exact) mass is 597 g/mol. The molecule has 222 valence electrons. The average Bonchev–Trinajstić information content (AvgIpc) is 2.86. The van der Waals surface area contributed by atoms with Crippen molar-refractivity contribution in [3.05, 3.63) is 88.7 Å². The van der Waals surface area contributed by atoms with Crippen LogP contribution in [0, 0.1) is 6.92 Å². The van der Waals surface area contributed by atoms with E-state index >= 15 is 0 Å². The Hall–Kier alpha value is -4.50. The van der Waals surface area contributed by atoms with Crippen LogP contribution in [0.5, 0.6) is 5.75 Å². The molecular weight excluding hydrogens is 577 g/mol. The molecule has 0 radical (unpaired) electrons. The molecule has 0 saturated heterocycles. The van der Waals surface area contributed by atoms with Gasteiger partial charge in [0.25, 0.3) is 0 Å². The molecule has 1 aromatic heterocycles. The second-order valence-electron chi connectivity index (χ2n) is 8.09. The number of pyridine rings is 1. The molecule has 41 heavy (non-hydrogen) atoms. The standard InChI is InChI=1S/C23H19F6N3O2.C2HF3O2/c1-13-5-10-18(34-2)17(12-13)31-21(33)32-19(14-6-8-15(9-7-14)22(24,25)26)20-16(23(27,28)29)4-3-11-30-20;3-2(4,5)1(6)7/h3-12,19H,1-2H3,(H2,31,32,33);(H,6,7)/t19-;/m0./s1. The number of nitrogens with zero attached hydrogens (tertiary/aromatic N) is 1. The molecule has 0 aliphatic carbocycles. The van der Waals surface area contributed by atoms with Gasteiger partial charge in [-0.25, -0.2) is 9.59 Å². The highest BCUT2D eigenvalue weighted by molar-refractivity contribution is 5.91. The number of hydrogen-bond donors (Lipinski definition) is 3. The van der Waals surface area contributed by atoms with Crippen molar-refractivity contribution in [2.45, 2.75) is 31.5 Å². The minimum Gasteiger partial charge on any atom is -0.495 e. The van der Waals surface area contributed by atoms with Crippen LogP contribution >= 0.6 is 0 Å². The van der Waals surface area contributed by atoms with Gasteiger partial charge in [0, 0.05) is 6.20 Å². The Morgan fingerprint density at radius 2 is 1.49 bits per heavy atom. The summed E-state index contributed by atoms with van der Waals surface area (Å²) in [4.78, 5) is 25.5. The summed E-state index contributed by atoms with van der Waals surface area (Å²) in [5.74, 6) is -2.45. The van der Waals surface area contributed by atoms with Crippen LogP contribution in [0.25, 0.3) is 0 Å². The molecule has 0 bridgehead atoms. The van der Waals surface area contributed by atoms with Crippen LogP contribution in [-0.2, 0) is 17.1 Å². The van der Waals surface area contributed by atoms with E-state index in [0.29, 0.717) is 5.75 Å². The Balaban J connectivity index is 0.000000745. The van der Waals surface area contributed by atoms with Gasteiger partial charge in [0.05, 0.1) is 35.7 Å². The number of nitrogens with one attached hydrogen (secondary N) is 2. The molecule has 3 rings (SSSR count). The summed E-state index contributed by atoms with van der Waals surface area (Å²) in [6, 6.07) is 7.80. The molecule has 0 aliphatic heterocycles. The first-order chi connectivity index (χ1) is 18.8. The first-order valence-electron chi connectivity index (χ1n) is 11.1. The zero-order chi connectivity index (χ0) is 31.2. The van der Waals surface area contributed by atoms with Gasteiger partial charge in [-0.15, -0.1) is 0 Å². The smallest absolute Gasteiger partial charge is 0.490 e. The largest absolute Gasteiger partial charge is 0.495 e. The third kappa shape index (κ3) is 9.29. The van der Waals surface area contributed by atoms with E-state index in [2.05, 4.69) is 15.6 Å². The Morgan fingerprint density at radius 1 is 0.902 bits per heavy atom. The summed E-state index contributed by atoms with van der Waals surface area (Å²) in [5.41, 5.74) is -1.68. The average molecular weight is 597 g/mol. The molecule has 0 unspecified atom stereocenters. The molecule has 0 saturated carbocycles. The van der Waals surface area contributed by atoms with Crippen molar-refractivity contribution in [2.75, 3.05) is 12.4 Å². The van der Waals surface area contributed by atoms with Gasteiger partial charge in [0.15, 0.2) is 0 Å². The third-order valence-electron chi connectivity index (χ3n) is 5.11. The highest BCUT2D eigenvalue weighted by Gasteiger charge is 2.39. The number of aryl methyl sites for hydroxylation is 1. The van der Waals surface area contributed by atoms with Crippen molar-refractivity contribution in [3.8, 4) is 5.75 Å². The number of alkyl halides is 9. The molecule has 0 fully saturated rings. The quantitative estimate of drug-likeness (QED) is 0.276. The first-order valence-corrected chi connectivity index (χ1v) is 11.1. The predicted molar refractivity (Wildman–Crippen MR) is 126 cm³/mol. The van der Waals surface area contributed by atoms with Gasteiger partial charge >= 0.3 is 30.5 Å². The van der Waals surface area contributed by atoms with Gasteiger partial charge < -0.3 is 20.5 Å². The normalized spacial score (nSPS) is 12.5. The van der Waals surface area contributed by atoms with E-state index in [4.69, 9.17) is 14.6 Å². The molecule has 1 atom stereocenters. The topological polar surface area (TPSA) is 101 Å². The number of halogens is 9. The second-order valence-corrected chi connectivity index (χ2v) is 8.09. The number of carboxylic acids is 1. The molecule has 3 aromatic rings. The van der Waals surface area contributed by atoms with Gasteiger partial charge in [-0.05, 0) is 54.4 Å². The lowest BCUT2D eigenvalue weighted by molar-refractivity contribution is -0.192. The summed E-state index contributed by atoms with van der Waals surface area (Å²) in [5, 5.41) is 12.0. The lowest BCUT2D eigenvalue weighted by atomic mass is 9.98. The summed E-state index contributed by atoms with van der Waals surface area (Å²) >= 11 is 0. The number of rotatable bonds is 5. The van der Waals surface area contributed by atoms with E-state index in [1.807, 2.05) is 0 Å². The predicted octanol–water partition coefficient (Wildman–Crippen LogP) is 6.98. The van der Waals surface area contributed by atoms with Crippen molar-refractivity contribution in [3.63, 3.8) is 0 Å². The maximum atomic E-state index is 13.6. The van der Waals surface area contributed by atoms with Crippen molar-refractivity contribution in [2.24, 2.45) is 0 Å². The van der Waals surface area contributed by atoms with E-state index < -0.39 is 53.4 Å². The molecule has 7 nitrogen and oxygen atoms in total. The summed E-state index contributed by atoms with van der Waals surface area (Å²) < 4.78 is 117. The maximum Gasteiger partial charge on any atom is 0.490 e. The zero-order valence-corrected chi connectivity index (χ0v) is 20.9. The van der Waals surface area contributed by atoms with Crippen LogP contribution in [0.4, 0.5) is 50.0 Å². The van der Waals surface area contributed by atoms with Gasteiger partial charge in [-0.1, -0.05) is 18.2 Å². The highest BCUT2D eigenvalue weighted by atomic mass is 19.4. The van der Waals surface area contributed by atoms with Crippen LogP contribution in [0.15, 0.2) is 60.8 Å². The van der Waals surface area contributed by atoms with Crippen LogP contribution in [-0.4, -0.2) is 35.4 Å². The minimum atomic E-state index is -5.08. The van der Waals surface area contributed by atoms with Gasteiger partial charge in [-0.2, -0.15) is 39.5 Å². The van der Waals surface area contributed by atoms with Crippen molar-refractivity contribution in [1.82, 2.24) is 10.3 Å². The second kappa shape index (κ2) is 12.8. The summed E-state index contributed by atoms with van der Waals surface area (Å²) in [7, 11) is 1.38. The molecule has 0 aliphatic rings. The molecule has 0 spiro atoms. The number of anilines is 1. The van der Waals surface area contributed by atoms with E-state index in [0.717, 1.165) is 48.2 Å². The number of amides is 2. The fourth-order valence-electron chi connectivity index (χ4n) is 3.27. The Labute approximate surface area is 226 Å². The van der Waals surface area contributed by atoms with E-state index in [9.17, 15) is 44.3 Å². The number of carbonyl (C=O) groups is 2. The van der Waals surface area contributed by atoms with E-state index in [1.165, 1.54) is 7.11 Å². The number of ether oxygens (including phenoxy) is 1. The number of hydrogen-bond acceptors (Lipinski definition) is 4. The maximum absolute atomic E-state index is 13.6. The minimum absolute atomic E-state index is 0.0245. The number of aliphatic carboxylic acids is 1. The van der Waals surface area contributed by atoms with Gasteiger partial charge in [-0.3, -0.25) is 4.98 Å². The van der Waals surface area contributed by atoms with Crippen LogP contribution in [0.3, 0.4) is 0 Å². The zero-order valence-electron chi connectivity index (χ0n) is 20.9. The Kier molecular flexibility index (Phi) is 10.2. The lowest BCUT2D eigenvalue weighted by Gasteiger charge is -2.23. The fourth-order valence-corrected chi connectivity index (χ4v) is 3.27. The third-order valence-corrected chi connectivity index (χ3v) is 5.11. The van der Waals surface area contributed by atoms with Gasteiger partial charge in [0.1, 0.15) is 5.75 Å². The number of carbonyl (C=O) groups excluding carboxylic acids is 1. The number of carboxylic acid groups (broad SMARTS) is 1. The van der Waals surface area contributed by atoms with Crippen LogP contribution < -0.4 is 15.4 Å². The SMILES string of the molecule is COc1ccc(C)cc1NC(=O)N[C@@H](c1ccc(C(F)(F)F)cc1)c1ncccc1C(F)(F)F.O=C(O)C(F)(F)F. The molecule has 2 amide bonds. The van der Waals surface area contributed by atoms with Crippen molar-refractivity contribution >= 4 is 17.7 Å². The molecule has 1 heterocycles. The number of methoxy groups -OCH3 is 1. The summed E-state index contributed by atoms with van der Waals surface area (Å²) in [6.07, 6.45) is -13.4. The van der Waals surface area contributed by atoms with Crippen LogP contribution in [0.2, 0.25) is 0 Å². The fraction of sp³-hybridized carbons (Fsp3) is 0.240. The Bertz CT molecular complexity index is 1360. The van der Waals surface area contributed by atoms with E-state index in [-0.39, 0.29) is 11.3 Å². The lowest BCUT2D eigenvalue weighted by Crippen LogP contribution is -2.35. The molecule has 2 aromatic carbocycles. The number of benzene rings is 2. The summed E-state index contributed by atoms with van der Waals surface area (Å²) in [6.45, 7) is 1.76. The number of urea groups is 1. The molecule has 16 heteroatoms. The van der Waals surface area contributed by atoms with Gasteiger partial charge in [0.2, 0.25) is 0 Å². The molecule has 3 N–H and O–H groups in total. The first kappa shape index (κ1) is 32.7. The molecular formula is C25H20F9N3O4. The number of aromatic nitrogens is 1. The van der Waals surface area contributed by atoms with Crippen molar-refractivity contribution in [1.29, 1.82) is 0 Å². The van der Waals surface area contributed by atoms with Crippen molar-refractivity contribution < 1.29 is 58.9 Å². The Morgan fingerprint density at radius 3 is 1.98 bits per heavy atom. The van der Waals surface area contributed by atoms with E-state index in [1.54, 1.807) is 25.1 Å². The highest BCUT2D eigenvalue weighted by Crippen LogP contribution is 2.37. The van der Waals surface area contributed by atoms with Crippen LogP contribution in [0.1, 0.15) is 34.0 Å².